The van der Waals surface area contributed by atoms with Crippen LogP contribution in [0.2, 0.25) is 5.15 Å². The molecular formula is C24H23ClN6O2. The predicted octanol–water partition coefficient (Wildman–Crippen LogP) is 3.50. The quantitative estimate of drug-likeness (QED) is 0.422. The minimum Gasteiger partial charge on any atom is -0.467 e. The SMILES string of the molecule is COc1ncc(-c2ccccc2N2CCN(C(=O)Cn3ccc4ccnc(Cl)c43)CC2)cn1. The molecule has 9 heteroatoms. The van der Waals surface area contributed by atoms with E-state index in [1.807, 2.05) is 39.9 Å². The number of aromatic nitrogens is 4. The molecule has 4 heterocycles. The van der Waals surface area contributed by atoms with E-state index in [9.17, 15) is 4.79 Å². The van der Waals surface area contributed by atoms with Crippen LogP contribution in [0, 0.1) is 0 Å². The van der Waals surface area contributed by atoms with Crippen LogP contribution < -0.4 is 9.64 Å². The molecule has 0 bridgehead atoms. The number of benzene rings is 1. The Morgan fingerprint density at radius 3 is 2.55 bits per heavy atom. The number of piperazine rings is 1. The standard InChI is InChI=1S/C24H23ClN6O2/c1-33-24-27-14-18(15-28-24)19-4-2-3-5-20(19)29-10-12-30(13-11-29)21(32)16-31-9-7-17-6-8-26-23(25)22(17)31/h2-9,14-15H,10-13,16H2,1H3. The van der Waals surface area contributed by atoms with E-state index in [0.717, 1.165) is 40.8 Å². The molecule has 1 aliphatic rings. The fourth-order valence-electron chi connectivity index (χ4n) is 4.23. The van der Waals surface area contributed by atoms with Gasteiger partial charge >= 0.3 is 6.01 Å². The highest BCUT2D eigenvalue weighted by atomic mass is 35.5. The Hall–Kier alpha value is -3.65. The van der Waals surface area contributed by atoms with E-state index in [4.69, 9.17) is 16.3 Å². The van der Waals surface area contributed by atoms with Gasteiger partial charge in [-0.25, -0.2) is 15.0 Å². The van der Waals surface area contributed by atoms with E-state index in [2.05, 4.69) is 32.0 Å². The predicted molar refractivity (Wildman–Crippen MR) is 128 cm³/mol. The largest absolute Gasteiger partial charge is 0.467 e. The van der Waals surface area contributed by atoms with Gasteiger partial charge < -0.3 is 19.1 Å². The van der Waals surface area contributed by atoms with E-state index in [1.165, 1.54) is 0 Å². The first-order valence-corrected chi connectivity index (χ1v) is 11.1. The maximum atomic E-state index is 13.0. The summed E-state index contributed by atoms with van der Waals surface area (Å²) >= 11 is 6.26. The van der Waals surface area contributed by atoms with Gasteiger partial charge in [-0.1, -0.05) is 29.8 Å². The summed E-state index contributed by atoms with van der Waals surface area (Å²) in [5.74, 6) is 0.0731. The highest BCUT2D eigenvalue weighted by molar-refractivity contribution is 6.33. The van der Waals surface area contributed by atoms with Crippen LogP contribution in [-0.2, 0) is 11.3 Å². The molecule has 0 aliphatic carbocycles. The van der Waals surface area contributed by atoms with Gasteiger partial charge in [-0.2, -0.15) is 0 Å². The molecule has 33 heavy (non-hydrogen) atoms. The lowest BCUT2D eigenvalue weighted by atomic mass is 10.1. The second-order valence-corrected chi connectivity index (χ2v) is 8.18. The lowest BCUT2D eigenvalue weighted by Crippen LogP contribution is -2.49. The van der Waals surface area contributed by atoms with Crippen molar-refractivity contribution in [1.82, 2.24) is 24.4 Å². The van der Waals surface area contributed by atoms with Crippen LogP contribution in [0.3, 0.4) is 0 Å². The molecule has 0 atom stereocenters. The van der Waals surface area contributed by atoms with Crippen molar-refractivity contribution in [2.75, 3.05) is 38.2 Å². The van der Waals surface area contributed by atoms with Crippen molar-refractivity contribution in [1.29, 1.82) is 0 Å². The normalized spacial score (nSPS) is 14.0. The molecular weight excluding hydrogens is 440 g/mol. The average Bonchev–Trinajstić information content (AvgIpc) is 3.28. The van der Waals surface area contributed by atoms with Gasteiger partial charge in [-0.05, 0) is 18.2 Å². The summed E-state index contributed by atoms with van der Waals surface area (Å²) in [6, 6.07) is 12.4. The number of amides is 1. The first-order valence-electron chi connectivity index (χ1n) is 10.7. The number of methoxy groups -OCH3 is 1. The molecule has 0 spiro atoms. The van der Waals surface area contributed by atoms with Crippen molar-refractivity contribution in [3.05, 3.63) is 66.3 Å². The van der Waals surface area contributed by atoms with Crippen LogP contribution in [0.1, 0.15) is 0 Å². The number of rotatable bonds is 5. The summed E-state index contributed by atoms with van der Waals surface area (Å²) in [6.45, 7) is 3.03. The number of hydrogen-bond acceptors (Lipinski definition) is 6. The van der Waals surface area contributed by atoms with Crippen LogP contribution in [-0.4, -0.2) is 63.6 Å². The molecule has 1 aromatic carbocycles. The van der Waals surface area contributed by atoms with E-state index in [0.29, 0.717) is 24.3 Å². The van der Waals surface area contributed by atoms with Crippen molar-refractivity contribution in [3.8, 4) is 17.1 Å². The van der Waals surface area contributed by atoms with E-state index >= 15 is 0 Å². The number of hydrogen-bond donors (Lipinski definition) is 0. The number of halogens is 1. The molecule has 1 aliphatic heterocycles. The summed E-state index contributed by atoms with van der Waals surface area (Å²) in [7, 11) is 1.55. The maximum absolute atomic E-state index is 13.0. The van der Waals surface area contributed by atoms with Gasteiger partial charge in [-0.15, -0.1) is 0 Å². The second-order valence-electron chi connectivity index (χ2n) is 7.83. The Kier molecular flexibility index (Phi) is 5.83. The van der Waals surface area contributed by atoms with Crippen LogP contribution >= 0.6 is 11.6 Å². The van der Waals surface area contributed by atoms with Gasteiger partial charge in [0, 0.05) is 73.2 Å². The number of para-hydroxylation sites is 1. The molecule has 168 valence electrons. The van der Waals surface area contributed by atoms with Gasteiger partial charge in [0.2, 0.25) is 5.91 Å². The zero-order chi connectivity index (χ0) is 22.8. The van der Waals surface area contributed by atoms with Gasteiger partial charge in [0.1, 0.15) is 6.54 Å². The van der Waals surface area contributed by atoms with Gasteiger partial charge in [0.15, 0.2) is 5.15 Å². The Morgan fingerprint density at radius 2 is 1.79 bits per heavy atom. The molecule has 0 saturated carbocycles. The summed E-state index contributed by atoms with van der Waals surface area (Å²) < 4.78 is 6.94. The third kappa shape index (κ3) is 4.21. The minimum absolute atomic E-state index is 0.0731. The maximum Gasteiger partial charge on any atom is 0.316 e. The topological polar surface area (TPSA) is 76.4 Å². The number of ether oxygens (including phenoxy) is 1. The Balaban J connectivity index is 1.28. The van der Waals surface area contributed by atoms with Crippen LogP contribution in [0.15, 0.2) is 61.2 Å². The molecule has 3 aromatic heterocycles. The first kappa shape index (κ1) is 21.2. The summed E-state index contributed by atoms with van der Waals surface area (Å²) in [5.41, 5.74) is 3.88. The molecule has 0 unspecified atom stereocenters. The molecule has 1 fully saturated rings. The number of anilines is 1. The van der Waals surface area contributed by atoms with Gasteiger partial charge in [-0.3, -0.25) is 4.79 Å². The molecule has 5 rings (SSSR count). The fourth-order valence-corrected chi connectivity index (χ4v) is 4.51. The number of nitrogens with zero attached hydrogens (tertiary/aromatic N) is 6. The summed E-state index contributed by atoms with van der Waals surface area (Å²) in [4.78, 5) is 29.8. The highest BCUT2D eigenvalue weighted by Gasteiger charge is 2.23. The molecule has 0 N–H and O–H groups in total. The molecule has 8 nitrogen and oxygen atoms in total. The van der Waals surface area contributed by atoms with Crippen molar-refractivity contribution in [2.24, 2.45) is 0 Å². The Labute approximate surface area is 196 Å². The van der Waals surface area contributed by atoms with E-state index in [1.54, 1.807) is 25.7 Å². The summed E-state index contributed by atoms with van der Waals surface area (Å²) in [6.07, 6.45) is 7.10. The van der Waals surface area contributed by atoms with Crippen molar-refractivity contribution in [3.63, 3.8) is 0 Å². The Bertz CT molecular complexity index is 1280. The number of pyridine rings is 1. The van der Waals surface area contributed by atoms with Crippen molar-refractivity contribution < 1.29 is 9.53 Å². The van der Waals surface area contributed by atoms with E-state index < -0.39 is 0 Å². The van der Waals surface area contributed by atoms with E-state index in [-0.39, 0.29) is 12.5 Å². The average molecular weight is 463 g/mol. The minimum atomic E-state index is 0.0731. The number of carbonyl (C=O) groups is 1. The number of carbonyl (C=O) groups excluding carboxylic acids is 1. The zero-order valence-electron chi connectivity index (χ0n) is 18.2. The highest BCUT2D eigenvalue weighted by Crippen LogP contribution is 2.31. The van der Waals surface area contributed by atoms with Crippen molar-refractivity contribution >= 4 is 34.1 Å². The van der Waals surface area contributed by atoms with Crippen molar-refractivity contribution in [2.45, 2.75) is 6.54 Å². The second kappa shape index (κ2) is 9.07. The lowest BCUT2D eigenvalue weighted by Gasteiger charge is -2.37. The van der Waals surface area contributed by atoms with Gasteiger partial charge in [0.05, 0.1) is 12.6 Å². The van der Waals surface area contributed by atoms with Gasteiger partial charge in [0.25, 0.3) is 0 Å². The Morgan fingerprint density at radius 1 is 1.03 bits per heavy atom. The lowest BCUT2D eigenvalue weighted by molar-refractivity contribution is -0.132. The molecule has 4 aromatic rings. The van der Waals surface area contributed by atoms with Crippen LogP contribution in [0.25, 0.3) is 22.0 Å². The van der Waals surface area contributed by atoms with Crippen LogP contribution in [0.5, 0.6) is 6.01 Å². The fraction of sp³-hybridized carbons (Fsp3) is 0.250. The summed E-state index contributed by atoms with van der Waals surface area (Å²) in [5, 5.41) is 1.39. The zero-order valence-corrected chi connectivity index (χ0v) is 18.9. The monoisotopic (exact) mass is 462 g/mol. The smallest absolute Gasteiger partial charge is 0.316 e. The molecule has 1 saturated heterocycles. The molecule has 1 amide bonds. The van der Waals surface area contributed by atoms with Crippen LogP contribution in [0.4, 0.5) is 5.69 Å². The number of fused-ring (bicyclic) bond motifs is 1. The first-order chi connectivity index (χ1) is 16.1. The third-order valence-corrected chi connectivity index (χ3v) is 6.21. The molecule has 0 radical (unpaired) electrons. The third-order valence-electron chi connectivity index (χ3n) is 5.94.